The molecule has 4 N–H and O–H groups in total. The van der Waals surface area contributed by atoms with Gasteiger partial charge in [0.15, 0.2) is 11.9 Å². The molecule has 12 nitrogen and oxygen atoms in total. The fourth-order valence-corrected chi connectivity index (χ4v) is 5.83. The molecule has 14 heteroatoms. The zero-order valence-corrected chi connectivity index (χ0v) is 29.1. The maximum atomic E-state index is 12.6. The second-order valence-corrected chi connectivity index (χ2v) is 12.4. The van der Waals surface area contributed by atoms with E-state index >= 15 is 0 Å². The van der Waals surface area contributed by atoms with Gasteiger partial charge in [0.1, 0.15) is 6.10 Å². The Hall–Kier alpha value is -2.65. The number of nitrogens with zero attached hydrogens (tertiary/aromatic N) is 1. The van der Waals surface area contributed by atoms with Gasteiger partial charge < -0.3 is 44.7 Å². The third-order valence-electron chi connectivity index (χ3n) is 7.72. The summed E-state index contributed by atoms with van der Waals surface area (Å²) in [5, 5.41) is 26.3. The highest BCUT2D eigenvalue weighted by Gasteiger charge is 2.29. The summed E-state index contributed by atoms with van der Waals surface area (Å²) in [6.07, 6.45) is -2.46. The van der Waals surface area contributed by atoms with Gasteiger partial charge >= 0.3 is 0 Å². The van der Waals surface area contributed by atoms with Crippen molar-refractivity contribution < 1.29 is 43.5 Å². The third kappa shape index (κ3) is 13.3. The maximum absolute atomic E-state index is 12.6. The number of hydrogen-bond acceptors (Lipinski definition) is 10. The first-order chi connectivity index (χ1) is 23.1. The normalized spacial score (nSPS) is 15.8. The van der Waals surface area contributed by atoms with E-state index in [0.29, 0.717) is 62.3 Å². The topological polar surface area (TPSA) is 156 Å². The number of ketones is 1. The standard InChI is InChI=1S/C34H47Cl2N3O9/c1-39-21-27(26-19-24(35)20-29(36)28(26)22-39)23-6-3-7-25(18-23)38-31(41)9-5-12-47-15-17-48-16-14-46-11-4-8-30(40)32(42)33(43)34(44)37-10-13-45-2/h3,6-7,18-20,27,32-33,42-43H,4-5,8-17,21-22H2,1-2H3,(H,37,44)(H,38,41). The summed E-state index contributed by atoms with van der Waals surface area (Å²) in [6.45, 7) is 4.06. The van der Waals surface area contributed by atoms with Gasteiger partial charge in [0, 0.05) is 74.5 Å². The van der Waals surface area contributed by atoms with Gasteiger partial charge in [-0.05, 0) is 60.8 Å². The van der Waals surface area contributed by atoms with Crippen LogP contribution < -0.4 is 10.6 Å². The first-order valence-electron chi connectivity index (χ1n) is 16.1. The molecule has 1 heterocycles. The summed E-state index contributed by atoms with van der Waals surface area (Å²) in [6, 6.07) is 11.6. The highest BCUT2D eigenvalue weighted by molar-refractivity contribution is 6.35. The molecule has 0 bridgehead atoms. The van der Waals surface area contributed by atoms with Crippen LogP contribution in [0.3, 0.4) is 0 Å². The molecule has 2 amide bonds. The number of benzene rings is 2. The van der Waals surface area contributed by atoms with Crippen molar-refractivity contribution in [3.63, 3.8) is 0 Å². The number of likely N-dealkylation sites (N-methyl/N-ethyl adjacent to an activating group) is 1. The Morgan fingerprint density at radius 2 is 1.58 bits per heavy atom. The lowest BCUT2D eigenvalue weighted by molar-refractivity contribution is -0.145. The van der Waals surface area contributed by atoms with E-state index in [4.69, 9.17) is 42.1 Å². The quantitative estimate of drug-likeness (QED) is 0.134. The minimum atomic E-state index is -1.83. The number of Topliss-reactive ketones (excluding diaryl/α,β-unsaturated/α-hetero) is 1. The van der Waals surface area contributed by atoms with Crippen molar-refractivity contribution in [2.24, 2.45) is 0 Å². The van der Waals surface area contributed by atoms with Crippen LogP contribution in [0.1, 0.15) is 48.3 Å². The van der Waals surface area contributed by atoms with Gasteiger partial charge in [-0.25, -0.2) is 0 Å². The number of aliphatic hydroxyl groups excluding tert-OH is 2. The second kappa shape index (κ2) is 21.4. The monoisotopic (exact) mass is 711 g/mol. The molecular formula is C34H47Cl2N3O9. The van der Waals surface area contributed by atoms with Gasteiger partial charge in [-0.2, -0.15) is 0 Å². The first kappa shape index (κ1) is 39.8. The SMILES string of the molecule is COCCNC(=O)C(O)C(O)C(=O)CCCOCCOCCOCCCC(=O)Nc1cccc(C2CN(C)Cc3c(Cl)cc(Cl)cc32)c1. The zero-order chi connectivity index (χ0) is 34.9. The van der Waals surface area contributed by atoms with E-state index < -0.39 is 23.9 Å². The average Bonchev–Trinajstić information content (AvgIpc) is 3.06. The van der Waals surface area contributed by atoms with E-state index in [2.05, 4.69) is 28.6 Å². The molecule has 1 aliphatic heterocycles. The van der Waals surface area contributed by atoms with Gasteiger partial charge in [-0.15, -0.1) is 0 Å². The third-order valence-corrected chi connectivity index (χ3v) is 8.27. The Balaban J connectivity index is 1.22. The van der Waals surface area contributed by atoms with Crippen LogP contribution in [0.15, 0.2) is 36.4 Å². The summed E-state index contributed by atoms with van der Waals surface area (Å²) >= 11 is 12.8. The predicted octanol–water partition coefficient (Wildman–Crippen LogP) is 3.17. The number of nitrogens with one attached hydrogen (secondary N) is 2. The van der Waals surface area contributed by atoms with Gasteiger partial charge in [-0.3, -0.25) is 14.4 Å². The zero-order valence-electron chi connectivity index (χ0n) is 27.6. The number of methoxy groups -OCH3 is 1. The van der Waals surface area contributed by atoms with E-state index in [1.807, 2.05) is 24.3 Å². The maximum Gasteiger partial charge on any atom is 0.252 e. The molecule has 2 aromatic rings. The Morgan fingerprint density at radius 1 is 0.917 bits per heavy atom. The van der Waals surface area contributed by atoms with Gasteiger partial charge in [0.05, 0.1) is 33.0 Å². The molecule has 0 spiro atoms. The van der Waals surface area contributed by atoms with Crippen LogP contribution in [0.2, 0.25) is 10.0 Å². The number of carbonyl (C=O) groups is 3. The highest BCUT2D eigenvalue weighted by Crippen LogP contribution is 2.38. The van der Waals surface area contributed by atoms with Crippen molar-refractivity contribution in [2.75, 3.05) is 78.8 Å². The molecule has 0 aromatic heterocycles. The Kier molecular flexibility index (Phi) is 17.8. The lowest BCUT2D eigenvalue weighted by Crippen LogP contribution is -2.46. The van der Waals surface area contributed by atoms with E-state index in [0.717, 1.165) is 35.5 Å². The van der Waals surface area contributed by atoms with Gasteiger partial charge in [0.25, 0.3) is 5.91 Å². The number of hydrogen-bond donors (Lipinski definition) is 4. The summed E-state index contributed by atoms with van der Waals surface area (Å²) in [4.78, 5) is 38.5. The molecule has 0 saturated heterocycles. The van der Waals surface area contributed by atoms with Crippen LogP contribution in [0.5, 0.6) is 0 Å². The van der Waals surface area contributed by atoms with Crippen molar-refractivity contribution in [1.29, 1.82) is 0 Å². The molecule has 3 atom stereocenters. The van der Waals surface area contributed by atoms with Gasteiger partial charge in [0.2, 0.25) is 5.91 Å². The molecule has 0 radical (unpaired) electrons. The molecule has 3 rings (SSSR count). The summed E-state index contributed by atoms with van der Waals surface area (Å²) < 4.78 is 21.2. The largest absolute Gasteiger partial charge is 0.383 e. The summed E-state index contributed by atoms with van der Waals surface area (Å²) in [7, 11) is 3.52. The smallest absolute Gasteiger partial charge is 0.252 e. The fourth-order valence-electron chi connectivity index (χ4n) is 5.26. The molecule has 0 aliphatic carbocycles. The minimum absolute atomic E-state index is 0.0403. The van der Waals surface area contributed by atoms with E-state index in [1.54, 1.807) is 6.07 Å². The predicted molar refractivity (Wildman–Crippen MR) is 183 cm³/mol. The Bertz CT molecular complexity index is 1330. The number of anilines is 1. The molecule has 1 aliphatic rings. The number of aliphatic hydroxyl groups is 2. The summed E-state index contributed by atoms with van der Waals surface area (Å²) in [5.41, 5.74) is 4.01. The van der Waals surface area contributed by atoms with Crippen molar-refractivity contribution >= 4 is 46.5 Å². The molecule has 266 valence electrons. The van der Waals surface area contributed by atoms with Crippen molar-refractivity contribution in [3.8, 4) is 0 Å². The lowest BCUT2D eigenvalue weighted by Gasteiger charge is -2.33. The van der Waals surface area contributed by atoms with Crippen LogP contribution in [0.4, 0.5) is 5.69 Å². The van der Waals surface area contributed by atoms with Crippen LogP contribution in [-0.2, 0) is 39.9 Å². The molecule has 0 fully saturated rings. The van der Waals surface area contributed by atoms with E-state index in [1.165, 1.54) is 7.11 Å². The highest BCUT2D eigenvalue weighted by atomic mass is 35.5. The van der Waals surface area contributed by atoms with Crippen LogP contribution >= 0.6 is 23.2 Å². The Morgan fingerprint density at radius 3 is 2.27 bits per heavy atom. The number of amides is 2. The second-order valence-electron chi connectivity index (χ2n) is 11.6. The minimum Gasteiger partial charge on any atom is -0.383 e. The lowest BCUT2D eigenvalue weighted by atomic mass is 9.84. The van der Waals surface area contributed by atoms with Crippen molar-refractivity contribution in [3.05, 3.63) is 63.1 Å². The van der Waals surface area contributed by atoms with Gasteiger partial charge in [-0.1, -0.05) is 35.3 Å². The fraction of sp³-hybridized carbons (Fsp3) is 0.559. The molecule has 3 unspecified atom stereocenters. The Labute approximate surface area is 292 Å². The number of halogens is 2. The van der Waals surface area contributed by atoms with Crippen LogP contribution in [0, 0.1) is 0 Å². The molecular weight excluding hydrogens is 665 g/mol. The van der Waals surface area contributed by atoms with Crippen molar-refractivity contribution in [1.82, 2.24) is 10.2 Å². The van der Waals surface area contributed by atoms with Crippen LogP contribution in [-0.4, -0.2) is 118 Å². The number of fused-ring (bicyclic) bond motifs is 1. The van der Waals surface area contributed by atoms with E-state index in [9.17, 15) is 24.6 Å². The molecule has 2 aromatic carbocycles. The number of ether oxygens (including phenoxy) is 4. The van der Waals surface area contributed by atoms with Crippen LogP contribution in [0.25, 0.3) is 0 Å². The molecule has 0 saturated carbocycles. The first-order valence-corrected chi connectivity index (χ1v) is 16.8. The number of carbonyl (C=O) groups excluding carboxylic acids is 3. The molecule has 48 heavy (non-hydrogen) atoms. The van der Waals surface area contributed by atoms with Crippen molar-refractivity contribution in [2.45, 2.75) is 50.4 Å². The van der Waals surface area contributed by atoms with E-state index in [-0.39, 0.29) is 38.0 Å². The average molecular weight is 713 g/mol. The number of rotatable bonds is 22. The summed E-state index contributed by atoms with van der Waals surface area (Å²) in [5.74, 6) is -1.48.